The van der Waals surface area contributed by atoms with Crippen LogP contribution in [0.1, 0.15) is 71.1 Å². The van der Waals surface area contributed by atoms with Gasteiger partial charge >= 0.3 is 0 Å². The van der Waals surface area contributed by atoms with E-state index in [0.717, 1.165) is 45.2 Å². The van der Waals surface area contributed by atoms with Crippen LogP contribution in [-0.4, -0.2) is 37.1 Å². The molecule has 3 heteroatoms. The number of carbonyl (C=O) groups is 1. The zero-order valence-electron chi connectivity index (χ0n) is 17.3. The van der Waals surface area contributed by atoms with Gasteiger partial charge in [0.25, 0.3) is 0 Å². The van der Waals surface area contributed by atoms with E-state index in [-0.39, 0.29) is 5.91 Å². The number of unbranched alkanes of at least 4 members (excludes halogenated alkanes) is 4. The molecule has 1 aliphatic heterocycles. The first-order chi connectivity index (χ1) is 13.3. The lowest BCUT2D eigenvalue weighted by Gasteiger charge is -2.26. The van der Waals surface area contributed by atoms with Crippen LogP contribution in [0.25, 0.3) is 0 Å². The normalized spacial score (nSPS) is 15.8. The highest BCUT2D eigenvalue weighted by Gasteiger charge is 2.15. The highest BCUT2D eigenvalue weighted by molar-refractivity contribution is 5.76. The van der Waals surface area contributed by atoms with Crippen molar-refractivity contribution in [2.45, 2.75) is 71.1 Å². The zero-order chi connectivity index (χ0) is 19.4. The number of ether oxygens (including phenoxy) is 1. The van der Waals surface area contributed by atoms with Crippen molar-refractivity contribution in [1.82, 2.24) is 4.90 Å². The molecule has 1 heterocycles. The summed E-state index contributed by atoms with van der Waals surface area (Å²) in [6, 6.07) is 0. The summed E-state index contributed by atoms with van der Waals surface area (Å²) in [4.78, 5) is 13.9. The topological polar surface area (TPSA) is 29.5 Å². The van der Waals surface area contributed by atoms with Crippen LogP contribution in [0.5, 0.6) is 0 Å². The van der Waals surface area contributed by atoms with E-state index in [4.69, 9.17) is 4.74 Å². The fourth-order valence-electron chi connectivity index (χ4n) is 2.90. The van der Waals surface area contributed by atoms with Crippen molar-refractivity contribution in [3.63, 3.8) is 0 Å². The Bertz CT molecular complexity index is 471. The number of nitrogens with zero attached hydrogens (tertiary/aromatic N) is 1. The minimum atomic E-state index is 0.272. The van der Waals surface area contributed by atoms with Crippen molar-refractivity contribution in [2.24, 2.45) is 0 Å². The van der Waals surface area contributed by atoms with Crippen LogP contribution in [0.3, 0.4) is 0 Å². The predicted molar refractivity (Wildman–Crippen MR) is 116 cm³/mol. The molecule has 27 heavy (non-hydrogen) atoms. The molecule has 0 aromatic rings. The van der Waals surface area contributed by atoms with E-state index in [9.17, 15) is 4.79 Å². The Morgan fingerprint density at radius 1 is 0.778 bits per heavy atom. The maximum Gasteiger partial charge on any atom is 0.222 e. The second-order valence-corrected chi connectivity index (χ2v) is 6.97. The Hall–Kier alpha value is -1.61. The largest absolute Gasteiger partial charge is 0.378 e. The Kier molecular flexibility index (Phi) is 15.4. The van der Waals surface area contributed by atoms with E-state index in [1.54, 1.807) is 0 Å². The molecule has 1 aliphatic rings. The molecule has 1 rings (SSSR count). The van der Waals surface area contributed by atoms with Gasteiger partial charge in [-0.3, -0.25) is 4.79 Å². The summed E-state index contributed by atoms with van der Waals surface area (Å²) in [6.07, 6.45) is 28.6. The third kappa shape index (κ3) is 14.2. The summed E-state index contributed by atoms with van der Waals surface area (Å²) in [7, 11) is 0. The fraction of sp³-hybridized carbons (Fsp3) is 0.625. The maximum absolute atomic E-state index is 12.0. The monoisotopic (exact) mass is 373 g/mol. The molecule has 1 saturated heterocycles. The third-order valence-electron chi connectivity index (χ3n) is 4.58. The van der Waals surface area contributed by atoms with Gasteiger partial charge in [-0.25, -0.2) is 0 Å². The summed E-state index contributed by atoms with van der Waals surface area (Å²) in [6.45, 7) is 5.11. The number of hydrogen-bond donors (Lipinski definition) is 0. The van der Waals surface area contributed by atoms with Crippen LogP contribution in [0.2, 0.25) is 0 Å². The first kappa shape index (κ1) is 23.4. The lowest BCUT2D eigenvalue weighted by Crippen LogP contribution is -2.40. The highest BCUT2D eigenvalue weighted by Crippen LogP contribution is 2.05. The van der Waals surface area contributed by atoms with E-state index in [2.05, 4.69) is 55.5 Å². The van der Waals surface area contributed by atoms with Gasteiger partial charge in [0.2, 0.25) is 5.91 Å². The van der Waals surface area contributed by atoms with Gasteiger partial charge in [-0.05, 0) is 44.9 Å². The number of morpholine rings is 1. The van der Waals surface area contributed by atoms with Crippen molar-refractivity contribution in [2.75, 3.05) is 26.3 Å². The van der Waals surface area contributed by atoms with E-state index < -0.39 is 0 Å². The molecule has 3 nitrogen and oxygen atoms in total. The van der Waals surface area contributed by atoms with E-state index in [1.165, 1.54) is 25.7 Å². The molecular formula is C24H39NO2. The second kappa shape index (κ2) is 17.8. The SMILES string of the molecule is CCCCC/C=C/C/C=C/C/C=C/C/C=C/CCCC(=O)N1CCOCC1. The molecule has 1 amide bonds. The Morgan fingerprint density at radius 2 is 1.30 bits per heavy atom. The van der Waals surface area contributed by atoms with Crippen LogP contribution < -0.4 is 0 Å². The van der Waals surface area contributed by atoms with Crippen molar-refractivity contribution in [1.29, 1.82) is 0 Å². The number of hydrogen-bond acceptors (Lipinski definition) is 2. The molecule has 0 spiro atoms. The van der Waals surface area contributed by atoms with Gasteiger partial charge in [0.15, 0.2) is 0 Å². The molecule has 0 N–H and O–H groups in total. The van der Waals surface area contributed by atoms with Crippen molar-refractivity contribution < 1.29 is 9.53 Å². The lowest BCUT2D eigenvalue weighted by atomic mass is 10.2. The van der Waals surface area contributed by atoms with Crippen molar-refractivity contribution >= 4 is 5.91 Å². The van der Waals surface area contributed by atoms with Gasteiger partial charge in [-0.15, -0.1) is 0 Å². The van der Waals surface area contributed by atoms with Crippen molar-refractivity contribution in [3.05, 3.63) is 48.6 Å². The Labute approximate surface area is 166 Å². The molecular weight excluding hydrogens is 334 g/mol. The maximum atomic E-state index is 12.0. The predicted octanol–water partition coefficient (Wildman–Crippen LogP) is 5.99. The molecule has 0 unspecified atom stereocenters. The van der Waals surface area contributed by atoms with Crippen molar-refractivity contribution in [3.8, 4) is 0 Å². The first-order valence-electron chi connectivity index (χ1n) is 10.8. The van der Waals surface area contributed by atoms with Crippen LogP contribution in [0.15, 0.2) is 48.6 Å². The number of carbonyl (C=O) groups excluding carboxylic acids is 1. The number of amides is 1. The number of rotatable bonds is 14. The summed E-state index contributed by atoms with van der Waals surface area (Å²) in [5.74, 6) is 0.272. The average molecular weight is 374 g/mol. The van der Waals surface area contributed by atoms with Crippen LogP contribution in [0.4, 0.5) is 0 Å². The molecule has 152 valence electrons. The summed E-state index contributed by atoms with van der Waals surface area (Å²) >= 11 is 0. The third-order valence-corrected chi connectivity index (χ3v) is 4.58. The van der Waals surface area contributed by atoms with E-state index >= 15 is 0 Å². The minimum absolute atomic E-state index is 0.272. The van der Waals surface area contributed by atoms with Crippen LogP contribution in [0, 0.1) is 0 Å². The van der Waals surface area contributed by atoms with E-state index in [0.29, 0.717) is 19.6 Å². The van der Waals surface area contributed by atoms with Gasteiger partial charge in [-0.2, -0.15) is 0 Å². The lowest BCUT2D eigenvalue weighted by molar-refractivity contribution is -0.135. The van der Waals surface area contributed by atoms with Gasteiger partial charge < -0.3 is 9.64 Å². The molecule has 0 radical (unpaired) electrons. The van der Waals surface area contributed by atoms with Crippen LogP contribution >= 0.6 is 0 Å². The number of allylic oxidation sites excluding steroid dienone is 8. The summed E-state index contributed by atoms with van der Waals surface area (Å²) < 4.78 is 5.27. The molecule has 0 bridgehead atoms. The van der Waals surface area contributed by atoms with Gasteiger partial charge in [0, 0.05) is 19.5 Å². The smallest absolute Gasteiger partial charge is 0.222 e. The second-order valence-electron chi connectivity index (χ2n) is 6.97. The fourth-order valence-corrected chi connectivity index (χ4v) is 2.90. The minimum Gasteiger partial charge on any atom is -0.378 e. The van der Waals surface area contributed by atoms with Crippen LogP contribution in [-0.2, 0) is 9.53 Å². The van der Waals surface area contributed by atoms with Gasteiger partial charge in [-0.1, -0.05) is 68.4 Å². The van der Waals surface area contributed by atoms with E-state index in [1.807, 2.05) is 4.90 Å². The molecule has 0 aromatic heterocycles. The quantitative estimate of drug-likeness (QED) is 0.276. The standard InChI is InChI=1S/C24H39NO2/c1-2-3-4-5-6-7-8-9-10-11-12-13-14-15-16-17-18-19-24(26)25-20-22-27-23-21-25/h6-7,9-10,12-13,15-16H,2-5,8,11,14,17-23H2,1H3/b7-6+,10-9+,13-12+,16-15+. The average Bonchev–Trinajstić information content (AvgIpc) is 2.70. The molecule has 0 saturated carbocycles. The molecule has 0 aliphatic carbocycles. The zero-order valence-corrected chi connectivity index (χ0v) is 17.3. The van der Waals surface area contributed by atoms with Gasteiger partial charge in [0.05, 0.1) is 13.2 Å². The molecule has 0 atom stereocenters. The highest BCUT2D eigenvalue weighted by atomic mass is 16.5. The Morgan fingerprint density at radius 3 is 1.85 bits per heavy atom. The first-order valence-corrected chi connectivity index (χ1v) is 10.8. The van der Waals surface area contributed by atoms with Gasteiger partial charge in [0.1, 0.15) is 0 Å². The summed E-state index contributed by atoms with van der Waals surface area (Å²) in [5, 5.41) is 0. The molecule has 1 fully saturated rings. The molecule has 0 aromatic carbocycles. The Balaban J connectivity index is 1.92. The summed E-state index contributed by atoms with van der Waals surface area (Å²) in [5.41, 5.74) is 0.